The number of benzene rings is 1. The normalized spacial score (nSPS) is 14.0. The van der Waals surface area contributed by atoms with Crippen molar-refractivity contribution < 1.29 is 9.90 Å². The summed E-state index contributed by atoms with van der Waals surface area (Å²) in [5.41, 5.74) is 3.12. The Balaban J connectivity index is 1.68. The second kappa shape index (κ2) is 7.19. The van der Waals surface area contributed by atoms with Crippen LogP contribution in [0.2, 0.25) is 0 Å². The van der Waals surface area contributed by atoms with Gasteiger partial charge in [0.25, 0.3) is 0 Å². The minimum atomic E-state index is -0.116. The van der Waals surface area contributed by atoms with E-state index in [1.165, 1.54) is 11.1 Å². The van der Waals surface area contributed by atoms with Crippen molar-refractivity contribution in [3.05, 3.63) is 47.3 Å². The van der Waals surface area contributed by atoms with Crippen molar-refractivity contribution in [3.8, 4) is 0 Å². The fraction of sp³-hybridized carbons (Fsp3) is 0.412. The standard InChI is InChI=1S/C17H21N3O2S/c1-12-3-2-4-13(7-12)11-23-17-18-8-15(10-21)20(17)9-16(22)19-14-5-6-14/h2-4,7-8,14,21H,5-6,9-11H2,1H3,(H,19,22). The van der Waals surface area contributed by atoms with E-state index in [0.29, 0.717) is 11.7 Å². The van der Waals surface area contributed by atoms with E-state index in [-0.39, 0.29) is 19.1 Å². The van der Waals surface area contributed by atoms with Gasteiger partial charge in [0.2, 0.25) is 5.91 Å². The maximum absolute atomic E-state index is 12.0. The van der Waals surface area contributed by atoms with Crippen molar-refractivity contribution >= 4 is 17.7 Å². The zero-order valence-electron chi connectivity index (χ0n) is 13.2. The van der Waals surface area contributed by atoms with Gasteiger partial charge in [-0.3, -0.25) is 4.79 Å². The van der Waals surface area contributed by atoms with Crippen LogP contribution in [-0.2, 0) is 23.7 Å². The van der Waals surface area contributed by atoms with E-state index < -0.39 is 0 Å². The molecule has 122 valence electrons. The van der Waals surface area contributed by atoms with Gasteiger partial charge in [0, 0.05) is 11.8 Å². The van der Waals surface area contributed by atoms with Crippen molar-refractivity contribution in [2.75, 3.05) is 0 Å². The molecule has 1 aromatic carbocycles. The summed E-state index contributed by atoms with van der Waals surface area (Å²) < 4.78 is 1.80. The third-order valence-electron chi connectivity index (χ3n) is 3.76. The topological polar surface area (TPSA) is 67.2 Å². The molecule has 6 heteroatoms. The summed E-state index contributed by atoms with van der Waals surface area (Å²) >= 11 is 1.58. The van der Waals surface area contributed by atoms with Gasteiger partial charge in [-0.1, -0.05) is 41.6 Å². The number of hydrogen-bond acceptors (Lipinski definition) is 4. The molecule has 1 amide bonds. The number of carbonyl (C=O) groups is 1. The average Bonchev–Trinajstić information content (AvgIpc) is 3.25. The largest absolute Gasteiger partial charge is 0.390 e. The summed E-state index contributed by atoms with van der Waals surface area (Å²) in [5, 5.41) is 13.2. The van der Waals surface area contributed by atoms with Crippen LogP contribution >= 0.6 is 11.8 Å². The Hall–Kier alpha value is -1.79. The van der Waals surface area contributed by atoms with Crippen molar-refractivity contribution in [1.82, 2.24) is 14.9 Å². The molecule has 23 heavy (non-hydrogen) atoms. The monoisotopic (exact) mass is 331 g/mol. The van der Waals surface area contributed by atoms with E-state index in [0.717, 1.165) is 23.8 Å². The molecule has 0 atom stereocenters. The molecule has 1 saturated carbocycles. The van der Waals surface area contributed by atoms with E-state index in [4.69, 9.17) is 0 Å². The predicted molar refractivity (Wildman–Crippen MR) is 90.1 cm³/mol. The number of nitrogens with one attached hydrogen (secondary N) is 1. The highest BCUT2D eigenvalue weighted by atomic mass is 32.2. The molecule has 5 nitrogen and oxygen atoms in total. The molecule has 0 saturated heterocycles. The van der Waals surface area contributed by atoms with Crippen LogP contribution in [0.15, 0.2) is 35.6 Å². The molecule has 1 aromatic heterocycles. The minimum absolute atomic E-state index is 0.0161. The third-order valence-corrected chi connectivity index (χ3v) is 4.82. The maximum atomic E-state index is 12.0. The Morgan fingerprint density at radius 2 is 2.30 bits per heavy atom. The average molecular weight is 331 g/mol. The molecule has 0 unspecified atom stereocenters. The number of imidazole rings is 1. The molecule has 1 heterocycles. The lowest BCUT2D eigenvalue weighted by atomic mass is 10.2. The number of carbonyl (C=O) groups excluding carboxylic acids is 1. The van der Waals surface area contributed by atoms with Crippen molar-refractivity contribution in [2.45, 2.75) is 49.9 Å². The minimum Gasteiger partial charge on any atom is -0.390 e. The van der Waals surface area contributed by atoms with E-state index in [1.54, 1.807) is 22.5 Å². The van der Waals surface area contributed by atoms with Crippen LogP contribution in [0.5, 0.6) is 0 Å². The molecule has 0 aliphatic heterocycles. The number of aliphatic hydroxyl groups excluding tert-OH is 1. The quantitative estimate of drug-likeness (QED) is 0.764. The maximum Gasteiger partial charge on any atom is 0.240 e. The molecule has 1 aliphatic carbocycles. The number of hydrogen-bond donors (Lipinski definition) is 2. The highest BCUT2D eigenvalue weighted by molar-refractivity contribution is 7.98. The summed E-state index contributed by atoms with van der Waals surface area (Å²) in [6, 6.07) is 8.68. The first-order valence-corrected chi connectivity index (χ1v) is 8.77. The molecule has 0 radical (unpaired) electrons. The first kappa shape index (κ1) is 16.1. The molecule has 3 rings (SSSR count). The van der Waals surface area contributed by atoms with Crippen molar-refractivity contribution in [1.29, 1.82) is 0 Å². The molecule has 0 spiro atoms. The summed E-state index contributed by atoms with van der Waals surface area (Å²) in [6.45, 7) is 2.17. The molecule has 2 N–H and O–H groups in total. The second-order valence-corrected chi connectivity index (χ2v) is 6.84. The van der Waals surface area contributed by atoms with Crippen LogP contribution in [0.4, 0.5) is 0 Å². The summed E-state index contributed by atoms with van der Waals surface area (Å²) in [5.74, 6) is 0.769. The van der Waals surface area contributed by atoms with Gasteiger partial charge in [0.1, 0.15) is 6.54 Å². The number of aliphatic hydroxyl groups is 1. The van der Waals surface area contributed by atoms with Crippen LogP contribution in [0.3, 0.4) is 0 Å². The SMILES string of the molecule is Cc1cccc(CSc2ncc(CO)n2CC(=O)NC2CC2)c1. The molecule has 1 aliphatic rings. The van der Waals surface area contributed by atoms with Crippen LogP contribution in [0.1, 0.15) is 29.7 Å². The second-order valence-electron chi connectivity index (χ2n) is 5.90. The first-order chi connectivity index (χ1) is 11.2. The predicted octanol–water partition coefficient (Wildman–Crippen LogP) is 2.25. The van der Waals surface area contributed by atoms with Gasteiger partial charge in [-0.05, 0) is 25.3 Å². The van der Waals surface area contributed by atoms with Crippen LogP contribution in [0, 0.1) is 6.92 Å². The number of aromatic nitrogens is 2. The van der Waals surface area contributed by atoms with E-state index in [9.17, 15) is 9.90 Å². The van der Waals surface area contributed by atoms with Crippen LogP contribution < -0.4 is 5.32 Å². The van der Waals surface area contributed by atoms with Gasteiger partial charge < -0.3 is 15.0 Å². The van der Waals surface area contributed by atoms with Gasteiger partial charge in [0.05, 0.1) is 18.5 Å². The molecule has 0 bridgehead atoms. The zero-order valence-corrected chi connectivity index (χ0v) is 14.0. The van der Waals surface area contributed by atoms with Gasteiger partial charge in [-0.2, -0.15) is 0 Å². The lowest BCUT2D eigenvalue weighted by Gasteiger charge is -2.11. The third kappa shape index (κ3) is 4.36. The number of nitrogens with zero attached hydrogens (tertiary/aromatic N) is 2. The lowest BCUT2D eigenvalue weighted by Crippen LogP contribution is -2.30. The van der Waals surface area contributed by atoms with Crippen molar-refractivity contribution in [2.24, 2.45) is 0 Å². The number of rotatable bonds is 7. The zero-order chi connectivity index (χ0) is 16.2. The Morgan fingerprint density at radius 3 is 3.00 bits per heavy atom. The highest BCUT2D eigenvalue weighted by Crippen LogP contribution is 2.24. The Labute approximate surface area is 140 Å². The number of aryl methyl sites for hydroxylation is 1. The van der Waals surface area contributed by atoms with Crippen LogP contribution in [-0.4, -0.2) is 26.6 Å². The fourth-order valence-corrected chi connectivity index (χ4v) is 3.34. The van der Waals surface area contributed by atoms with E-state index >= 15 is 0 Å². The fourth-order valence-electron chi connectivity index (χ4n) is 2.40. The van der Waals surface area contributed by atoms with Gasteiger partial charge in [-0.25, -0.2) is 4.98 Å². The highest BCUT2D eigenvalue weighted by Gasteiger charge is 2.24. The molecular formula is C17H21N3O2S. The molecular weight excluding hydrogens is 310 g/mol. The Morgan fingerprint density at radius 1 is 1.48 bits per heavy atom. The number of amides is 1. The summed E-state index contributed by atoms with van der Waals surface area (Å²) in [4.78, 5) is 16.4. The molecule has 2 aromatic rings. The summed E-state index contributed by atoms with van der Waals surface area (Å²) in [6.07, 6.45) is 3.78. The van der Waals surface area contributed by atoms with E-state index in [2.05, 4.69) is 35.4 Å². The summed E-state index contributed by atoms with van der Waals surface area (Å²) in [7, 11) is 0. The first-order valence-electron chi connectivity index (χ1n) is 7.78. The lowest BCUT2D eigenvalue weighted by molar-refractivity contribution is -0.122. The van der Waals surface area contributed by atoms with Gasteiger partial charge in [0.15, 0.2) is 5.16 Å². The van der Waals surface area contributed by atoms with Gasteiger partial charge in [-0.15, -0.1) is 0 Å². The van der Waals surface area contributed by atoms with Crippen LogP contribution in [0.25, 0.3) is 0 Å². The smallest absolute Gasteiger partial charge is 0.240 e. The Bertz CT molecular complexity index is 695. The molecule has 1 fully saturated rings. The van der Waals surface area contributed by atoms with E-state index in [1.807, 2.05) is 6.07 Å². The number of thioether (sulfide) groups is 1. The van der Waals surface area contributed by atoms with Crippen molar-refractivity contribution in [3.63, 3.8) is 0 Å². The van der Waals surface area contributed by atoms with Gasteiger partial charge >= 0.3 is 0 Å². The Kier molecular flexibility index (Phi) is 5.03.